The Labute approximate surface area is 142 Å². The number of halogens is 1. The van der Waals surface area contributed by atoms with Crippen LogP contribution in [0.5, 0.6) is 0 Å². The molecule has 0 saturated heterocycles. The third kappa shape index (κ3) is 3.18. The Morgan fingerprint density at radius 1 is 1.30 bits per heavy atom. The summed E-state index contributed by atoms with van der Waals surface area (Å²) in [6.07, 6.45) is 0. The van der Waals surface area contributed by atoms with Gasteiger partial charge < -0.3 is 19.2 Å². The summed E-state index contributed by atoms with van der Waals surface area (Å²) in [5.74, 6) is -0.0693. The highest BCUT2D eigenvalue weighted by molar-refractivity contribution is 7.73. The van der Waals surface area contributed by atoms with Crippen LogP contribution in [0.4, 0.5) is 5.88 Å². The van der Waals surface area contributed by atoms with Gasteiger partial charge in [0.2, 0.25) is 5.88 Å². The molecule has 9 heteroatoms. The fourth-order valence-electron chi connectivity index (χ4n) is 1.97. The Morgan fingerprint density at radius 2 is 1.87 bits per heavy atom. The van der Waals surface area contributed by atoms with Crippen LogP contribution in [0.15, 0.2) is 28.7 Å². The summed E-state index contributed by atoms with van der Waals surface area (Å²) in [5.41, 5.74) is 6.42. The molecule has 0 atom stereocenters. The van der Waals surface area contributed by atoms with E-state index >= 15 is 0 Å². The molecular weight excluding hydrogens is 359 g/mol. The van der Waals surface area contributed by atoms with E-state index < -0.39 is 7.60 Å². The van der Waals surface area contributed by atoms with Crippen LogP contribution in [0.2, 0.25) is 5.02 Å². The summed E-state index contributed by atoms with van der Waals surface area (Å²) in [7, 11) is -1.38. The summed E-state index contributed by atoms with van der Waals surface area (Å²) < 4.78 is 27.8. The van der Waals surface area contributed by atoms with E-state index in [1.807, 2.05) is 6.07 Å². The number of hydrogen-bond donors (Lipinski definition) is 1. The first-order chi connectivity index (χ1) is 10.9. The van der Waals surface area contributed by atoms with Crippen LogP contribution in [0.25, 0.3) is 11.3 Å². The molecule has 0 spiro atoms. The zero-order valence-electron chi connectivity index (χ0n) is 12.2. The molecule has 2 N–H and O–H groups in total. The normalized spacial score (nSPS) is 11.2. The first kappa shape index (κ1) is 17.7. The van der Waals surface area contributed by atoms with Crippen molar-refractivity contribution in [2.75, 3.05) is 20.0 Å². The quantitative estimate of drug-likeness (QED) is 0.643. The number of hydrogen-bond acceptors (Lipinski definition) is 7. The van der Waals surface area contributed by atoms with Gasteiger partial charge in [-0.3, -0.25) is 4.57 Å². The zero-order valence-corrected chi connectivity index (χ0v) is 14.7. The predicted molar refractivity (Wildman–Crippen MR) is 90.4 cm³/mol. The van der Waals surface area contributed by atoms with Gasteiger partial charge in [-0.15, -0.1) is 0 Å². The molecule has 1 heterocycles. The van der Waals surface area contributed by atoms with Crippen molar-refractivity contribution in [3.8, 4) is 17.4 Å². The fourth-order valence-corrected chi connectivity index (χ4v) is 3.86. The molecule has 23 heavy (non-hydrogen) atoms. The fraction of sp³-hybridized carbons (Fsp3) is 0.143. The van der Waals surface area contributed by atoms with E-state index in [9.17, 15) is 9.83 Å². The first-order valence-electron chi connectivity index (χ1n) is 6.22. The number of rotatable bonds is 4. The van der Waals surface area contributed by atoms with Crippen LogP contribution in [0.3, 0.4) is 0 Å². The summed E-state index contributed by atoms with van der Waals surface area (Å²) >= 11 is 11.1. The molecule has 0 aliphatic heterocycles. The third-order valence-electron chi connectivity index (χ3n) is 3.09. The van der Waals surface area contributed by atoms with Crippen molar-refractivity contribution in [1.29, 1.82) is 5.26 Å². The van der Waals surface area contributed by atoms with Crippen LogP contribution in [-0.2, 0) is 13.6 Å². The van der Waals surface area contributed by atoms with Crippen molar-refractivity contribution in [2.24, 2.45) is 0 Å². The number of nitriles is 1. The molecule has 0 fully saturated rings. The summed E-state index contributed by atoms with van der Waals surface area (Å²) in [6, 6.07) is 8.53. The second-order valence-corrected chi connectivity index (χ2v) is 7.35. The molecule has 1 aromatic heterocycles. The van der Waals surface area contributed by atoms with Crippen molar-refractivity contribution in [1.82, 2.24) is 0 Å². The van der Waals surface area contributed by atoms with Gasteiger partial charge in [0.15, 0.2) is 5.76 Å². The highest BCUT2D eigenvalue weighted by Crippen LogP contribution is 2.48. The van der Waals surface area contributed by atoms with E-state index in [4.69, 9.17) is 43.0 Å². The van der Waals surface area contributed by atoms with Crippen LogP contribution >= 0.6 is 31.4 Å². The van der Waals surface area contributed by atoms with Gasteiger partial charge in [0.1, 0.15) is 16.9 Å². The maximum absolute atomic E-state index is 12.6. The number of nitrogens with two attached hydrogens (primary N) is 1. The smallest absolute Gasteiger partial charge is 0.367 e. The van der Waals surface area contributed by atoms with Gasteiger partial charge in [0, 0.05) is 24.8 Å². The van der Waals surface area contributed by atoms with Crippen molar-refractivity contribution in [2.45, 2.75) is 0 Å². The predicted octanol–water partition coefficient (Wildman–Crippen LogP) is 3.89. The van der Waals surface area contributed by atoms with Crippen LogP contribution in [-0.4, -0.2) is 14.2 Å². The molecule has 6 nitrogen and oxygen atoms in total. The SMILES string of the molecule is COP(=O)(OC)c1c(N)oc(-c2ccc(Cl)cc2)c(C#N)c1=S. The minimum absolute atomic E-state index is 0.0147. The van der Waals surface area contributed by atoms with Crippen molar-refractivity contribution in [3.63, 3.8) is 0 Å². The van der Waals surface area contributed by atoms with E-state index in [0.717, 1.165) is 0 Å². The van der Waals surface area contributed by atoms with Gasteiger partial charge in [0.05, 0.1) is 4.51 Å². The lowest BCUT2D eigenvalue weighted by Crippen LogP contribution is -2.16. The number of nitrogens with zero attached hydrogens (tertiary/aromatic N) is 1. The van der Waals surface area contributed by atoms with Gasteiger partial charge in [-0.05, 0) is 24.3 Å². The molecule has 0 bridgehead atoms. The maximum Gasteiger partial charge on any atom is 0.367 e. The Balaban J connectivity index is 2.81. The molecule has 0 amide bonds. The third-order valence-corrected chi connectivity index (χ3v) is 5.85. The summed E-state index contributed by atoms with van der Waals surface area (Å²) in [5, 5.41) is 9.82. The maximum atomic E-state index is 12.6. The first-order valence-corrected chi connectivity index (χ1v) is 8.55. The van der Waals surface area contributed by atoms with Crippen LogP contribution in [0.1, 0.15) is 5.56 Å². The Hall–Kier alpha value is -1.68. The Bertz CT molecular complexity index is 881. The molecule has 0 radical (unpaired) electrons. The average Bonchev–Trinajstić information content (AvgIpc) is 2.54. The highest BCUT2D eigenvalue weighted by atomic mass is 35.5. The van der Waals surface area contributed by atoms with Gasteiger partial charge in [-0.2, -0.15) is 5.26 Å². The van der Waals surface area contributed by atoms with Crippen molar-refractivity contribution < 1.29 is 18.0 Å². The standard InChI is InChI=1S/C14H12ClN2O4PS/c1-19-22(18,20-2)12-13(23)10(7-16)11(21-14(12)17)8-3-5-9(15)6-4-8/h3-6H,17H2,1-2H3. The van der Waals surface area contributed by atoms with Gasteiger partial charge in [0.25, 0.3) is 0 Å². The van der Waals surface area contributed by atoms with E-state index in [1.165, 1.54) is 14.2 Å². The molecule has 2 rings (SSSR count). The van der Waals surface area contributed by atoms with Crippen LogP contribution < -0.4 is 11.0 Å². The van der Waals surface area contributed by atoms with Crippen molar-refractivity contribution >= 4 is 42.6 Å². The second-order valence-electron chi connectivity index (χ2n) is 4.33. The summed E-state index contributed by atoms with van der Waals surface area (Å²) in [6.45, 7) is 0. The molecule has 0 saturated carbocycles. The molecule has 120 valence electrons. The molecule has 0 aliphatic rings. The minimum Gasteiger partial charge on any atom is -0.438 e. The number of anilines is 1. The minimum atomic E-state index is -3.76. The van der Waals surface area contributed by atoms with Gasteiger partial charge >= 0.3 is 7.60 Å². The lowest BCUT2D eigenvalue weighted by molar-refractivity contribution is 0.287. The molecular formula is C14H12ClN2O4PS. The zero-order chi connectivity index (χ0) is 17.2. The molecule has 2 aromatic rings. The second kappa shape index (κ2) is 6.83. The van der Waals surface area contributed by atoms with E-state index in [1.54, 1.807) is 24.3 Å². The van der Waals surface area contributed by atoms with E-state index in [-0.39, 0.29) is 27.0 Å². The lowest BCUT2D eigenvalue weighted by atomic mass is 10.1. The number of benzene rings is 1. The lowest BCUT2D eigenvalue weighted by Gasteiger charge is -2.16. The molecule has 0 unspecified atom stereocenters. The number of nitrogen functional groups attached to an aromatic ring is 1. The van der Waals surface area contributed by atoms with Crippen LogP contribution in [0, 0.1) is 15.8 Å². The average molecular weight is 371 g/mol. The van der Waals surface area contributed by atoms with Crippen molar-refractivity contribution in [3.05, 3.63) is 39.4 Å². The van der Waals surface area contributed by atoms with Gasteiger partial charge in [-0.1, -0.05) is 23.8 Å². The molecule has 1 aromatic carbocycles. The van der Waals surface area contributed by atoms with E-state index in [2.05, 4.69) is 0 Å². The topological polar surface area (TPSA) is 98.5 Å². The largest absolute Gasteiger partial charge is 0.438 e. The highest BCUT2D eigenvalue weighted by Gasteiger charge is 2.33. The molecule has 0 aliphatic carbocycles. The Morgan fingerprint density at radius 3 is 2.35 bits per heavy atom. The summed E-state index contributed by atoms with van der Waals surface area (Å²) in [4.78, 5) is 0. The monoisotopic (exact) mass is 370 g/mol. The van der Waals surface area contributed by atoms with Gasteiger partial charge in [-0.25, -0.2) is 0 Å². The Kier molecular flexibility index (Phi) is 5.25. The van der Waals surface area contributed by atoms with E-state index in [0.29, 0.717) is 10.6 Å².